The van der Waals surface area contributed by atoms with E-state index in [1.807, 2.05) is 0 Å². The predicted molar refractivity (Wildman–Crippen MR) is 236 cm³/mol. The second-order valence-electron chi connectivity index (χ2n) is 16.4. The lowest BCUT2D eigenvalue weighted by atomic mass is 9.83. The molecule has 0 aliphatic heterocycles. The molecule has 0 radical (unpaired) electrons. The van der Waals surface area contributed by atoms with Crippen LogP contribution >= 0.6 is 0 Å². The van der Waals surface area contributed by atoms with Gasteiger partial charge >= 0.3 is 0 Å². The van der Waals surface area contributed by atoms with Crippen molar-refractivity contribution in [3.8, 4) is 29.0 Å². The van der Waals surface area contributed by atoms with Gasteiger partial charge in [-0.1, -0.05) is 116 Å². The van der Waals surface area contributed by atoms with Crippen molar-refractivity contribution in [2.24, 2.45) is 11.8 Å². The topological polar surface area (TPSA) is 53.5 Å². The van der Waals surface area contributed by atoms with Crippen LogP contribution in [0.1, 0.15) is 37.2 Å². The maximum Gasteiger partial charge on any atom is 0.240 e. The molecule has 2 aliphatic carbocycles. The lowest BCUT2D eigenvalue weighted by molar-refractivity contribution is 0.420. The lowest BCUT2D eigenvalue weighted by Gasteiger charge is -2.22. The zero-order valence-electron chi connectivity index (χ0n) is 31.8. The van der Waals surface area contributed by atoms with Gasteiger partial charge in [-0.3, -0.25) is 9.13 Å². The SMILES string of the molecule is c1ccc(-n2c3ccccc3c3cc(C4CC5CCC4C5)ccc32)c(-c2nc(-n3c4ccccc4c4ccccc43)nc(-n3c4ccccc4c4ccccc43)n2)c1. The Morgan fingerprint density at radius 2 is 0.862 bits per heavy atom. The van der Waals surface area contributed by atoms with Gasteiger partial charge in [0.25, 0.3) is 0 Å². The van der Waals surface area contributed by atoms with Gasteiger partial charge in [0, 0.05) is 37.9 Å². The van der Waals surface area contributed by atoms with Crippen LogP contribution in [-0.2, 0) is 0 Å². The molecule has 6 heteroatoms. The van der Waals surface area contributed by atoms with Crippen molar-refractivity contribution in [1.82, 2.24) is 28.7 Å². The standard InChI is InChI=1S/C52H38N6/c1-8-20-44-35(13-1)36-14-2-9-21-45(36)57(44)51-53-50(54-52(55-51)58-46-22-10-3-15-37(46)38-16-4-11-23-47(38)58)40-18-6-12-24-48(40)56-43-19-7-5-17-39(43)42-31-34(27-28-49(42)56)41-30-32-25-26-33(41)29-32/h1-24,27-28,31-33,41H,25-26,29-30H2. The van der Waals surface area contributed by atoms with Crippen molar-refractivity contribution in [1.29, 1.82) is 0 Å². The van der Waals surface area contributed by atoms with Crippen LogP contribution in [0.4, 0.5) is 0 Å². The molecule has 6 nitrogen and oxygen atoms in total. The average Bonchev–Trinajstić information content (AvgIpc) is 4.12. The third-order valence-corrected chi connectivity index (χ3v) is 13.4. The molecule has 7 aromatic carbocycles. The Kier molecular flexibility index (Phi) is 6.76. The van der Waals surface area contributed by atoms with Crippen LogP contribution in [-0.4, -0.2) is 28.7 Å². The number of fused-ring (bicyclic) bond motifs is 11. The van der Waals surface area contributed by atoms with Gasteiger partial charge in [-0.15, -0.1) is 0 Å². The zero-order chi connectivity index (χ0) is 37.9. The van der Waals surface area contributed by atoms with Crippen LogP contribution in [0.3, 0.4) is 0 Å². The maximum absolute atomic E-state index is 5.45. The van der Waals surface area contributed by atoms with Crippen LogP contribution in [0.25, 0.3) is 94.4 Å². The van der Waals surface area contributed by atoms with E-state index < -0.39 is 0 Å². The van der Waals surface area contributed by atoms with Crippen molar-refractivity contribution in [3.05, 3.63) is 169 Å². The van der Waals surface area contributed by atoms with E-state index in [2.05, 4.69) is 177 Å². The van der Waals surface area contributed by atoms with E-state index in [4.69, 9.17) is 15.0 Å². The third-order valence-electron chi connectivity index (χ3n) is 13.4. The summed E-state index contributed by atoms with van der Waals surface area (Å²) in [6, 6.07) is 58.9. The summed E-state index contributed by atoms with van der Waals surface area (Å²) in [6.45, 7) is 0. The molecule has 2 bridgehead atoms. The van der Waals surface area contributed by atoms with Gasteiger partial charge in [-0.2, -0.15) is 15.0 Å². The van der Waals surface area contributed by atoms with E-state index in [1.165, 1.54) is 53.1 Å². The predicted octanol–water partition coefficient (Wildman–Crippen LogP) is 12.7. The van der Waals surface area contributed by atoms with E-state index >= 15 is 0 Å². The normalized spacial score (nSPS) is 17.9. The maximum atomic E-state index is 5.45. The van der Waals surface area contributed by atoms with Gasteiger partial charge < -0.3 is 4.57 Å². The zero-order valence-corrected chi connectivity index (χ0v) is 31.8. The second kappa shape index (κ2) is 12.2. The molecule has 58 heavy (non-hydrogen) atoms. The number of para-hydroxylation sites is 6. The number of benzene rings is 7. The van der Waals surface area contributed by atoms with Crippen LogP contribution in [0.5, 0.6) is 0 Å². The molecule has 4 aromatic heterocycles. The van der Waals surface area contributed by atoms with Gasteiger partial charge in [0.05, 0.1) is 38.8 Å². The molecular formula is C52H38N6. The average molecular weight is 747 g/mol. The lowest BCUT2D eigenvalue weighted by Crippen LogP contribution is -2.11. The first-order valence-corrected chi connectivity index (χ1v) is 20.6. The Hall–Kier alpha value is -7.05. The van der Waals surface area contributed by atoms with E-state index in [9.17, 15) is 0 Å². The first kappa shape index (κ1) is 32.1. The minimum Gasteiger partial charge on any atom is -0.309 e. The largest absolute Gasteiger partial charge is 0.309 e. The summed E-state index contributed by atoms with van der Waals surface area (Å²) in [5.74, 6) is 4.16. The fraction of sp³-hybridized carbons (Fsp3) is 0.135. The van der Waals surface area contributed by atoms with Gasteiger partial charge in [0.2, 0.25) is 11.9 Å². The van der Waals surface area contributed by atoms with Crippen LogP contribution in [0, 0.1) is 11.8 Å². The summed E-state index contributed by atoms with van der Waals surface area (Å²) in [7, 11) is 0. The molecule has 0 spiro atoms. The number of hydrogen-bond donors (Lipinski definition) is 0. The molecule has 11 aromatic rings. The molecule has 13 rings (SSSR count). The Bertz CT molecular complexity index is 3220. The quantitative estimate of drug-likeness (QED) is 0.176. The van der Waals surface area contributed by atoms with Crippen LogP contribution in [0.2, 0.25) is 0 Å². The molecule has 4 heterocycles. The van der Waals surface area contributed by atoms with Crippen LogP contribution < -0.4 is 0 Å². The van der Waals surface area contributed by atoms with E-state index in [1.54, 1.807) is 0 Å². The molecule has 3 atom stereocenters. The molecule has 3 unspecified atom stereocenters. The van der Waals surface area contributed by atoms with E-state index in [-0.39, 0.29) is 0 Å². The molecule has 2 fully saturated rings. The minimum absolute atomic E-state index is 0.576. The molecule has 0 amide bonds. The van der Waals surface area contributed by atoms with E-state index in [0.29, 0.717) is 23.6 Å². The highest BCUT2D eigenvalue weighted by Crippen LogP contribution is 2.53. The number of rotatable bonds is 5. The van der Waals surface area contributed by atoms with E-state index in [0.717, 1.165) is 66.7 Å². The van der Waals surface area contributed by atoms with Crippen molar-refractivity contribution in [2.75, 3.05) is 0 Å². The monoisotopic (exact) mass is 746 g/mol. The molecular weight excluding hydrogens is 709 g/mol. The highest BCUT2D eigenvalue weighted by atomic mass is 15.3. The fourth-order valence-electron chi connectivity index (χ4n) is 10.9. The second-order valence-corrected chi connectivity index (χ2v) is 16.4. The summed E-state index contributed by atoms with van der Waals surface area (Å²) < 4.78 is 6.83. The summed E-state index contributed by atoms with van der Waals surface area (Å²) in [5.41, 5.74) is 10.1. The van der Waals surface area contributed by atoms with Gasteiger partial charge in [0.1, 0.15) is 0 Å². The Morgan fingerprint density at radius 3 is 1.38 bits per heavy atom. The van der Waals surface area contributed by atoms with Crippen molar-refractivity contribution < 1.29 is 0 Å². The molecule has 0 N–H and O–H groups in total. The smallest absolute Gasteiger partial charge is 0.240 e. The fourth-order valence-corrected chi connectivity index (χ4v) is 10.9. The Balaban J connectivity index is 1.09. The summed E-state index contributed by atoms with van der Waals surface area (Å²) >= 11 is 0. The number of aromatic nitrogens is 6. The van der Waals surface area contributed by atoms with Gasteiger partial charge in [-0.25, -0.2) is 0 Å². The van der Waals surface area contributed by atoms with Crippen molar-refractivity contribution in [3.63, 3.8) is 0 Å². The van der Waals surface area contributed by atoms with Crippen LogP contribution in [0.15, 0.2) is 164 Å². The number of nitrogens with zero attached hydrogens (tertiary/aromatic N) is 6. The minimum atomic E-state index is 0.576. The first-order valence-electron chi connectivity index (χ1n) is 20.6. The molecule has 0 saturated heterocycles. The third kappa shape index (κ3) is 4.57. The van der Waals surface area contributed by atoms with Crippen molar-refractivity contribution in [2.45, 2.75) is 31.6 Å². The van der Waals surface area contributed by atoms with Crippen molar-refractivity contribution >= 4 is 65.4 Å². The summed E-state index contributed by atoms with van der Waals surface area (Å²) in [6.07, 6.45) is 5.52. The first-order chi connectivity index (χ1) is 28.8. The van der Waals surface area contributed by atoms with Gasteiger partial charge in [0.15, 0.2) is 5.82 Å². The highest BCUT2D eigenvalue weighted by Gasteiger charge is 2.40. The molecule has 2 aliphatic rings. The Labute approximate surface area is 334 Å². The molecule has 276 valence electrons. The molecule has 2 saturated carbocycles. The number of hydrogen-bond acceptors (Lipinski definition) is 3. The highest BCUT2D eigenvalue weighted by molar-refractivity contribution is 6.11. The Morgan fingerprint density at radius 1 is 0.397 bits per heavy atom. The van der Waals surface area contributed by atoms with Gasteiger partial charge in [-0.05, 0) is 97.2 Å². The summed E-state index contributed by atoms with van der Waals surface area (Å²) in [5, 5.41) is 7.22. The summed E-state index contributed by atoms with van der Waals surface area (Å²) in [4.78, 5) is 16.3.